The normalized spacial score (nSPS) is 46.7. The molecular weight excluding hydrogens is 376 g/mol. The summed E-state index contributed by atoms with van der Waals surface area (Å²) in [5.74, 6) is 5.26. The number of aliphatic hydroxyl groups is 1. The highest BCUT2D eigenvalue weighted by Crippen LogP contribution is 2.73. The zero-order valence-electron chi connectivity index (χ0n) is 21.8. The van der Waals surface area contributed by atoms with Gasteiger partial charge in [-0.25, -0.2) is 0 Å². The van der Waals surface area contributed by atoms with Gasteiger partial charge in [-0.1, -0.05) is 73.0 Å². The van der Waals surface area contributed by atoms with Gasteiger partial charge in [0.1, 0.15) is 0 Å². The average Bonchev–Trinajstić information content (AvgIpc) is 3.00. The van der Waals surface area contributed by atoms with Crippen LogP contribution in [0.2, 0.25) is 0 Å². The van der Waals surface area contributed by atoms with Gasteiger partial charge in [-0.05, 0) is 110 Å². The third-order valence-electron chi connectivity index (χ3n) is 12.2. The molecule has 0 saturated heterocycles. The van der Waals surface area contributed by atoms with Gasteiger partial charge in [0.05, 0.1) is 6.10 Å². The molecule has 9 atom stereocenters. The topological polar surface area (TPSA) is 20.2 Å². The molecule has 0 aromatic rings. The van der Waals surface area contributed by atoms with Crippen LogP contribution >= 0.6 is 0 Å². The van der Waals surface area contributed by atoms with Gasteiger partial charge >= 0.3 is 0 Å². The lowest BCUT2D eigenvalue weighted by Crippen LogP contribution is -2.56. The number of aliphatic hydroxyl groups excluding tert-OH is 1. The highest BCUT2D eigenvalue weighted by molar-refractivity contribution is 5.26. The first-order chi connectivity index (χ1) is 14.6. The molecule has 0 bridgehead atoms. The Balaban J connectivity index is 1.53. The molecule has 4 aliphatic rings. The molecule has 0 unspecified atom stereocenters. The standard InChI is InChI=1S/C30H52O/c1-8-22(20(2)3)10-9-21(4)25-14-17-30(7)27-12-11-23-19-24(31)13-16-28(23,5)26(27)15-18-29(25,30)6/h19-22,24-27,31H,8-18H2,1-7H3/t21-,22-,24+,25-,26+,27-,28+,29-,30+/m1/s1. The Labute approximate surface area is 193 Å². The summed E-state index contributed by atoms with van der Waals surface area (Å²) in [6, 6.07) is 0. The van der Waals surface area contributed by atoms with Crippen molar-refractivity contribution in [2.75, 3.05) is 0 Å². The highest BCUT2D eigenvalue weighted by atomic mass is 16.3. The van der Waals surface area contributed by atoms with Gasteiger partial charge in [-0.3, -0.25) is 0 Å². The van der Waals surface area contributed by atoms with Crippen LogP contribution in [0.1, 0.15) is 119 Å². The fourth-order valence-corrected chi connectivity index (χ4v) is 9.76. The summed E-state index contributed by atoms with van der Waals surface area (Å²) in [7, 11) is 0. The van der Waals surface area contributed by atoms with E-state index in [0.717, 1.165) is 41.9 Å². The third-order valence-corrected chi connectivity index (χ3v) is 12.2. The van der Waals surface area contributed by atoms with Crippen molar-refractivity contribution in [2.24, 2.45) is 51.8 Å². The second kappa shape index (κ2) is 8.48. The summed E-state index contributed by atoms with van der Waals surface area (Å²) in [5, 5.41) is 10.3. The molecule has 0 radical (unpaired) electrons. The Kier molecular flexibility index (Phi) is 6.53. The van der Waals surface area contributed by atoms with Crippen molar-refractivity contribution in [1.82, 2.24) is 0 Å². The number of rotatable bonds is 6. The predicted molar refractivity (Wildman–Crippen MR) is 133 cm³/mol. The van der Waals surface area contributed by atoms with Crippen molar-refractivity contribution in [2.45, 2.75) is 125 Å². The molecule has 4 aliphatic carbocycles. The van der Waals surface area contributed by atoms with Crippen LogP contribution in [0.3, 0.4) is 0 Å². The lowest BCUT2D eigenvalue weighted by molar-refractivity contribution is -0.120. The Morgan fingerprint density at radius 1 is 0.903 bits per heavy atom. The van der Waals surface area contributed by atoms with E-state index in [0.29, 0.717) is 16.2 Å². The molecule has 3 saturated carbocycles. The van der Waals surface area contributed by atoms with E-state index in [2.05, 4.69) is 54.5 Å². The molecule has 1 N–H and O–H groups in total. The maximum Gasteiger partial charge on any atom is 0.0724 e. The average molecular weight is 429 g/mol. The van der Waals surface area contributed by atoms with Gasteiger partial charge < -0.3 is 5.11 Å². The molecule has 31 heavy (non-hydrogen) atoms. The summed E-state index contributed by atoms with van der Waals surface area (Å²) in [6.45, 7) is 17.8. The van der Waals surface area contributed by atoms with Crippen molar-refractivity contribution in [1.29, 1.82) is 0 Å². The van der Waals surface area contributed by atoms with Crippen LogP contribution in [0.15, 0.2) is 11.6 Å². The second-order valence-electron chi connectivity index (χ2n) is 13.5. The van der Waals surface area contributed by atoms with Gasteiger partial charge in [0.2, 0.25) is 0 Å². The molecular formula is C30H52O. The van der Waals surface area contributed by atoms with Gasteiger partial charge in [-0.15, -0.1) is 0 Å². The van der Waals surface area contributed by atoms with Crippen molar-refractivity contribution in [3.8, 4) is 0 Å². The molecule has 1 heteroatoms. The first-order valence-corrected chi connectivity index (χ1v) is 14.0. The third kappa shape index (κ3) is 3.68. The van der Waals surface area contributed by atoms with E-state index in [4.69, 9.17) is 0 Å². The summed E-state index contributed by atoms with van der Waals surface area (Å²) in [4.78, 5) is 0. The maximum absolute atomic E-state index is 10.3. The molecule has 0 amide bonds. The maximum atomic E-state index is 10.3. The van der Waals surface area contributed by atoms with E-state index in [1.54, 1.807) is 5.57 Å². The van der Waals surface area contributed by atoms with E-state index >= 15 is 0 Å². The van der Waals surface area contributed by atoms with Gasteiger partial charge in [0.25, 0.3) is 0 Å². The molecule has 0 aliphatic heterocycles. The fraction of sp³-hybridized carbons (Fsp3) is 0.933. The van der Waals surface area contributed by atoms with Crippen LogP contribution in [0.5, 0.6) is 0 Å². The zero-order valence-corrected chi connectivity index (χ0v) is 21.8. The van der Waals surface area contributed by atoms with Crippen molar-refractivity contribution in [3.05, 3.63) is 11.6 Å². The first-order valence-electron chi connectivity index (χ1n) is 14.0. The monoisotopic (exact) mass is 428 g/mol. The minimum atomic E-state index is -0.182. The van der Waals surface area contributed by atoms with Crippen LogP contribution in [0, 0.1) is 51.8 Å². The number of allylic oxidation sites excluding steroid dienone is 1. The van der Waals surface area contributed by atoms with Gasteiger partial charge in [-0.2, -0.15) is 0 Å². The van der Waals surface area contributed by atoms with E-state index in [1.807, 2.05) is 0 Å². The molecule has 3 fully saturated rings. The van der Waals surface area contributed by atoms with Crippen LogP contribution in [-0.4, -0.2) is 11.2 Å². The lowest BCUT2D eigenvalue weighted by atomic mass is 9.41. The number of hydrogen-bond acceptors (Lipinski definition) is 1. The van der Waals surface area contributed by atoms with Crippen LogP contribution in [0.4, 0.5) is 0 Å². The lowest BCUT2D eigenvalue weighted by Gasteiger charge is -2.63. The van der Waals surface area contributed by atoms with E-state index in [1.165, 1.54) is 64.2 Å². The summed E-state index contributed by atoms with van der Waals surface area (Å²) >= 11 is 0. The van der Waals surface area contributed by atoms with E-state index < -0.39 is 0 Å². The Bertz CT molecular complexity index is 678. The van der Waals surface area contributed by atoms with Crippen molar-refractivity contribution < 1.29 is 5.11 Å². The SMILES string of the molecule is CC[C@H](CC[C@@H](C)[C@H]1CC[C@@]2(C)[C@@H]3CCC4=C[C@@H](O)CC[C@]4(C)[C@H]3CC[C@]12C)C(C)C. The fourth-order valence-electron chi connectivity index (χ4n) is 9.76. The number of fused-ring (bicyclic) bond motifs is 5. The molecule has 1 nitrogen and oxygen atoms in total. The molecule has 178 valence electrons. The van der Waals surface area contributed by atoms with Crippen molar-refractivity contribution in [3.63, 3.8) is 0 Å². The molecule has 4 rings (SSSR count). The highest BCUT2D eigenvalue weighted by Gasteiger charge is 2.65. The minimum absolute atomic E-state index is 0.182. The van der Waals surface area contributed by atoms with Crippen molar-refractivity contribution >= 4 is 0 Å². The van der Waals surface area contributed by atoms with Gasteiger partial charge in [0, 0.05) is 0 Å². The van der Waals surface area contributed by atoms with Crippen LogP contribution < -0.4 is 0 Å². The molecule has 0 aromatic heterocycles. The quantitative estimate of drug-likeness (QED) is 0.421. The van der Waals surface area contributed by atoms with Crippen LogP contribution in [0.25, 0.3) is 0 Å². The van der Waals surface area contributed by atoms with E-state index in [9.17, 15) is 5.11 Å². The van der Waals surface area contributed by atoms with Crippen LogP contribution in [-0.2, 0) is 0 Å². The summed E-state index contributed by atoms with van der Waals surface area (Å²) in [5.41, 5.74) is 3.02. The van der Waals surface area contributed by atoms with E-state index in [-0.39, 0.29) is 6.10 Å². The Morgan fingerprint density at radius 2 is 1.61 bits per heavy atom. The number of hydrogen-bond donors (Lipinski definition) is 1. The molecule has 0 heterocycles. The molecule has 0 aromatic carbocycles. The summed E-state index contributed by atoms with van der Waals surface area (Å²) < 4.78 is 0. The molecule has 0 spiro atoms. The minimum Gasteiger partial charge on any atom is -0.389 e. The largest absolute Gasteiger partial charge is 0.389 e. The predicted octanol–water partition coefficient (Wildman–Crippen LogP) is 8.41. The summed E-state index contributed by atoms with van der Waals surface area (Å²) in [6.07, 6.45) is 16.9. The van der Waals surface area contributed by atoms with Gasteiger partial charge in [0.15, 0.2) is 0 Å². The Hall–Kier alpha value is -0.300. The smallest absolute Gasteiger partial charge is 0.0724 e. The Morgan fingerprint density at radius 3 is 2.29 bits per heavy atom. The zero-order chi connectivity index (χ0) is 22.6. The second-order valence-corrected chi connectivity index (χ2v) is 13.5. The first kappa shape index (κ1) is 23.8.